The summed E-state index contributed by atoms with van der Waals surface area (Å²) in [6, 6.07) is 1.61. The van der Waals surface area contributed by atoms with Gasteiger partial charge in [-0.3, -0.25) is 0 Å². The standard InChI is InChI=1S/C13H19BrFN/c1-9-8-12(15)13(14)10(2)11(9)6-5-7-16(3)4/h8H,5-7H2,1-4H3. The molecule has 0 bridgehead atoms. The summed E-state index contributed by atoms with van der Waals surface area (Å²) < 4.78 is 14.0. The van der Waals surface area contributed by atoms with Crippen LogP contribution in [0.25, 0.3) is 0 Å². The number of rotatable bonds is 4. The van der Waals surface area contributed by atoms with Gasteiger partial charge in [0.1, 0.15) is 5.82 Å². The van der Waals surface area contributed by atoms with Gasteiger partial charge in [0.15, 0.2) is 0 Å². The second-order valence-corrected chi connectivity index (χ2v) is 5.29. The molecule has 0 atom stereocenters. The summed E-state index contributed by atoms with van der Waals surface area (Å²) in [6.07, 6.45) is 2.11. The summed E-state index contributed by atoms with van der Waals surface area (Å²) >= 11 is 3.30. The Morgan fingerprint density at radius 3 is 2.50 bits per heavy atom. The predicted octanol–water partition coefficient (Wildman–Crippen LogP) is 3.70. The lowest BCUT2D eigenvalue weighted by molar-refractivity contribution is 0.400. The molecule has 0 fully saturated rings. The third-order valence-electron chi connectivity index (χ3n) is 2.84. The average Bonchev–Trinajstić information content (AvgIpc) is 2.19. The maximum Gasteiger partial charge on any atom is 0.137 e. The van der Waals surface area contributed by atoms with E-state index in [1.54, 1.807) is 6.07 Å². The molecule has 0 aromatic heterocycles. The lowest BCUT2D eigenvalue weighted by Crippen LogP contribution is -2.14. The van der Waals surface area contributed by atoms with Crippen LogP contribution < -0.4 is 0 Å². The van der Waals surface area contributed by atoms with Crippen molar-refractivity contribution in [3.63, 3.8) is 0 Å². The van der Waals surface area contributed by atoms with E-state index in [0.29, 0.717) is 4.47 Å². The molecule has 0 saturated carbocycles. The SMILES string of the molecule is Cc1cc(F)c(Br)c(C)c1CCCN(C)C. The Balaban J connectivity index is 2.84. The van der Waals surface area contributed by atoms with Gasteiger partial charge in [-0.2, -0.15) is 0 Å². The van der Waals surface area contributed by atoms with E-state index in [0.717, 1.165) is 30.5 Å². The van der Waals surface area contributed by atoms with Crippen molar-refractivity contribution in [3.8, 4) is 0 Å². The minimum absolute atomic E-state index is 0.161. The fourth-order valence-corrected chi connectivity index (χ4v) is 2.26. The van der Waals surface area contributed by atoms with Gasteiger partial charge in [-0.25, -0.2) is 4.39 Å². The zero-order valence-corrected chi connectivity index (χ0v) is 12.0. The molecule has 0 saturated heterocycles. The number of hydrogen-bond acceptors (Lipinski definition) is 1. The summed E-state index contributed by atoms with van der Waals surface area (Å²) in [6.45, 7) is 5.02. The topological polar surface area (TPSA) is 3.24 Å². The molecule has 0 spiro atoms. The summed E-state index contributed by atoms with van der Waals surface area (Å²) in [5, 5.41) is 0. The van der Waals surface area contributed by atoms with Crippen LogP contribution in [-0.2, 0) is 6.42 Å². The molecule has 1 rings (SSSR count). The first-order valence-electron chi connectivity index (χ1n) is 5.52. The van der Waals surface area contributed by atoms with Crippen molar-refractivity contribution in [2.24, 2.45) is 0 Å². The lowest BCUT2D eigenvalue weighted by Gasteiger charge is -2.14. The van der Waals surface area contributed by atoms with Crippen LogP contribution in [0.4, 0.5) is 4.39 Å². The Kier molecular flexibility index (Phi) is 4.93. The summed E-state index contributed by atoms with van der Waals surface area (Å²) in [4.78, 5) is 2.17. The molecule has 0 aliphatic carbocycles. The molecule has 0 aliphatic rings. The monoisotopic (exact) mass is 287 g/mol. The van der Waals surface area contributed by atoms with E-state index in [1.807, 2.05) is 13.8 Å². The van der Waals surface area contributed by atoms with Gasteiger partial charge < -0.3 is 4.90 Å². The van der Waals surface area contributed by atoms with E-state index < -0.39 is 0 Å². The fraction of sp³-hybridized carbons (Fsp3) is 0.538. The van der Waals surface area contributed by atoms with Crippen molar-refractivity contribution in [2.45, 2.75) is 26.7 Å². The molecular formula is C13H19BrFN. The van der Waals surface area contributed by atoms with E-state index in [4.69, 9.17) is 0 Å². The normalized spacial score (nSPS) is 11.2. The average molecular weight is 288 g/mol. The lowest BCUT2D eigenvalue weighted by atomic mass is 9.98. The van der Waals surface area contributed by atoms with Crippen LogP contribution in [0.15, 0.2) is 10.5 Å². The number of benzene rings is 1. The smallest absolute Gasteiger partial charge is 0.137 e. The Labute approximate surface area is 106 Å². The first kappa shape index (κ1) is 13.7. The summed E-state index contributed by atoms with van der Waals surface area (Å²) in [7, 11) is 4.14. The largest absolute Gasteiger partial charge is 0.309 e. The molecule has 90 valence electrons. The van der Waals surface area contributed by atoms with Crippen molar-refractivity contribution in [3.05, 3.63) is 33.0 Å². The number of nitrogens with zero attached hydrogens (tertiary/aromatic N) is 1. The molecule has 16 heavy (non-hydrogen) atoms. The zero-order valence-electron chi connectivity index (χ0n) is 10.4. The number of halogens is 2. The highest BCUT2D eigenvalue weighted by Gasteiger charge is 2.10. The van der Waals surface area contributed by atoms with Crippen LogP contribution in [0.3, 0.4) is 0 Å². The number of hydrogen-bond donors (Lipinski definition) is 0. The molecule has 0 aliphatic heterocycles. The Bertz CT molecular complexity index is 375. The minimum atomic E-state index is -0.161. The van der Waals surface area contributed by atoms with E-state index >= 15 is 0 Å². The molecule has 0 radical (unpaired) electrons. The number of aryl methyl sites for hydroxylation is 1. The minimum Gasteiger partial charge on any atom is -0.309 e. The Morgan fingerprint density at radius 2 is 1.94 bits per heavy atom. The van der Waals surface area contributed by atoms with Crippen LogP contribution in [0.2, 0.25) is 0 Å². The van der Waals surface area contributed by atoms with Crippen LogP contribution in [0.1, 0.15) is 23.1 Å². The first-order chi connectivity index (χ1) is 7.43. The van der Waals surface area contributed by atoms with Gasteiger partial charge in [-0.05, 0) is 86.0 Å². The van der Waals surface area contributed by atoms with Crippen LogP contribution >= 0.6 is 15.9 Å². The van der Waals surface area contributed by atoms with Crippen LogP contribution in [0, 0.1) is 19.7 Å². The third-order valence-corrected chi connectivity index (χ3v) is 3.82. The van der Waals surface area contributed by atoms with Crippen molar-refractivity contribution < 1.29 is 4.39 Å². The second-order valence-electron chi connectivity index (χ2n) is 4.50. The molecule has 0 N–H and O–H groups in total. The molecule has 1 aromatic carbocycles. The fourth-order valence-electron chi connectivity index (χ4n) is 1.90. The quantitative estimate of drug-likeness (QED) is 0.816. The van der Waals surface area contributed by atoms with Gasteiger partial charge in [0.2, 0.25) is 0 Å². The molecular weight excluding hydrogens is 269 g/mol. The van der Waals surface area contributed by atoms with Gasteiger partial charge in [-0.15, -0.1) is 0 Å². The second kappa shape index (κ2) is 5.78. The molecule has 0 unspecified atom stereocenters. The van der Waals surface area contributed by atoms with Crippen LogP contribution in [0.5, 0.6) is 0 Å². The summed E-state index contributed by atoms with van der Waals surface area (Å²) in [5.41, 5.74) is 3.36. The maximum atomic E-state index is 13.4. The van der Waals surface area contributed by atoms with Crippen LogP contribution in [-0.4, -0.2) is 25.5 Å². The van der Waals surface area contributed by atoms with Crippen molar-refractivity contribution in [2.75, 3.05) is 20.6 Å². The maximum absolute atomic E-state index is 13.4. The Hall–Kier alpha value is -0.410. The molecule has 3 heteroatoms. The van der Waals surface area contributed by atoms with E-state index in [9.17, 15) is 4.39 Å². The van der Waals surface area contributed by atoms with Gasteiger partial charge in [-0.1, -0.05) is 0 Å². The summed E-state index contributed by atoms with van der Waals surface area (Å²) in [5.74, 6) is -0.161. The third kappa shape index (κ3) is 3.29. The molecule has 1 nitrogen and oxygen atoms in total. The predicted molar refractivity (Wildman–Crippen MR) is 70.4 cm³/mol. The van der Waals surface area contributed by atoms with E-state index in [-0.39, 0.29) is 5.82 Å². The van der Waals surface area contributed by atoms with Gasteiger partial charge >= 0.3 is 0 Å². The highest BCUT2D eigenvalue weighted by atomic mass is 79.9. The molecule has 0 amide bonds. The molecule has 0 heterocycles. The highest BCUT2D eigenvalue weighted by molar-refractivity contribution is 9.10. The first-order valence-corrected chi connectivity index (χ1v) is 6.31. The van der Waals surface area contributed by atoms with Gasteiger partial charge in [0, 0.05) is 0 Å². The van der Waals surface area contributed by atoms with E-state index in [1.165, 1.54) is 5.56 Å². The van der Waals surface area contributed by atoms with Crippen molar-refractivity contribution >= 4 is 15.9 Å². The Morgan fingerprint density at radius 1 is 1.31 bits per heavy atom. The van der Waals surface area contributed by atoms with E-state index in [2.05, 4.69) is 34.9 Å². The van der Waals surface area contributed by atoms with Crippen molar-refractivity contribution in [1.82, 2.24) is 4.90 Å². The van der Waals surface area contributed by atoms with Crippen molar-refractivity contribution in [1.29, 1.82) is 0 Å². The van der Waals surface area contributed by atoms with Gasteiger partial charge in [0.05, 0.1) is 4.47 Å². The molecule has 1 aromatic rings. The zero-order chi connectivity index (χ0) is 12.3. The highest BCUT2D eigenvalue weighted by Crippen LogP contribution is 2.27. The van der Waals surface area contributed by atoms with Gasteiger partial charge in [0.25, 0.3) is 0 Å².